The van der Waals surface area contributed by atoms with Crippen LogP contribution in [0.1, 0.15) is 13.8 Å². The van der Waals surface area contributed by atoms with Gasteiger partial charge < -0.3 is 10.6 Å². The first-order valence-corrected chi connectivity index (χ1v) is 2.48. The van der Waals surface area contributed by atoms with E-state index in [1.807, 2.05) is 0 Å². The summed E-state index contributed by atoms with van der Waals surface area (Å²) in [6, 6.07) is 0. The second kappa shape index (κ2) is 2.63. The maximum absolute atomic E-state index is 9.57. The maximum Gasteiger partial charge on any atom is 0.294 e. The highest BCUT2D eigenvalue weighted by Gasteiger charge is 2.12. The van der Waals surface area contributed by atoms with E-state index < -0.39 is 10.6 Å². The Hall–Kier alpha value is -0.840. The fraction of sp³-hybridized carbons (Fsp3) is 1.00. The average Bonchev–Trinajstić information content (AvgIpc) is 1.59. The predicted molar refractivity (Wildman–Crippen MR) is 31.2 cm³/mol. The van der Waals surface area contributed by atoms with Crippen LogP contribution in [-0.4, -0.2) is 17.2 Å². The Morgan fingerprint density at radius 1 is 1.78 bits per heavy atom. The second-order valence-electron chi connectivity index (χ2n) is 2.49. The topological polar surface area (TPSA) is 78.4 Å². The zero-order chi connectivity index (χ0) is 7.49. The molecular formula is C4H10N2O3. The van der Waals surface area contributed by atoms with Crippen molar-refractivity contribution in [3.63, 3.8) is 0 Å². The van der Waals surface area contributed by atoms with Gasteiger partial charge in [0, 0.05) is 5.54 Å². The largest absolute Gasteiger partial charge is 0.324 e. The molecule has 0 aliphatic carbocycles. The Morgan fingerprint density at radius 3 is 2.33 bits per heavy atom. The zero-order valence-corrected chi connectivity index (χ0v) is 5.46. The Kier molecular flexibility index (Phi) is 2.39. The molecule has 0 aliphatic rings. The first kappa shape index (κ1) is 8.16. The van der Waals surface area contributed by atoms with Crippen LogP contribution in [-0.2, 0) is 4.84 Å². The molecular weight excluding hydrogens is 124 g/mol. The lowest BCUT2D eigenvalue weighted by Gasteiger charge is -2.15. The van der Waals surface area contributed by atoms with Crippen LogP contribution in [0, 0.1) is 10.1 Å². The summed E-state index contributed by atoms with van der Waals surface area (Å²) in [5.41, 5.74) is 4.72. The summed E-state index contributed by atoms with van der Waals surface area (Å²) in [4.78, 5) is 13.6. The van der Waals surface area contributed by atoms with Crippen molar-refractivity contribution < 1.29 is 9.92 Å². The minimum atomic E-state index is -0.853. The van der Waals surface area contributed by atoms with Gasteiger partial charge in [0.25, 0.3) is 5.09 Å². The van der Waals surface area contributed by atoms with Crippen molar-refractivity contribution in [1.29, 1.82) is 0 Å². The molecule has 0 atom stereocenters. The Morgan fingerprint density at radius 2 is 2.22 bits per heavy atom. The Labute approximate surface area is 52.9 Å². The van der Waals surface area contributed by atoms with Crippen LogP contribution in [0.15, 0.2) is 0 Å². The molecule has 0 rings (SSSR count). The summed E-state index contributed by atoms with van der Waals surface area (Å²) in [6.07, 6.45) is 0. The minimum Gasteiger partial charge on any atom is -0.324 e. The summed E-state index contributed by atoms with van der Waals surface area (Å²) in [6.45, 7) is 3.23. The Bertz CT molecular complexity index is 107. The number of nitrogens with zero attached hydrogens (tertiary/aromatic N) is 1. The van der Waals surface area contributed by atoms with Gasteiger partial charge in [-0.3, -0.25) is 0 Å². The number of rotatable bonds is 3. The van der Waals surface area contributed by atoms with E-state index in [2.05, 4.69) is 4.84 Å². The van der Waals surface area contributed by atoms with Crippen LogP contribution in [0.4, 0.5) is 0 Å². The van der Waals surface area contributed by atoms with Gasteiger partial charge in [0.15, 0.2) is 0 Å². The highest BCUT2D eigenvalue weighted by molar-refractivity contribution is 4.68. The molecule has 0 aromatic heterocycles. The second-order valence-corrected chi connectivity index (χ2v) is 2.49. The van der Waals surface area contributed by atoms with Gasteiger partial charge in [-0.2, -0.15) is 0 Å². The van der Waals surface area contributed by atoms with E-state index in [4.69, 9.17) is 5.73 Å². The van der Waals surface area contributed by atoms with E-state index in [0.29, 0.717) is 0 Å². The molecule has 54 valence electrons. The highest BCUT2D eigenvalue weighted by Crippen LogP contribution is 1.95. The van der Waals surface area contributed by atoms with Crippen molar-refractivity contribution in [2.75, 3.05) is 6.61 Å². The van der Waals surface area contributed by atoms with E-state index >= 15 is 0 Å². The van der Waals surface area contributed by atoms with E-state index in [1.165, 1.54) is 0 Å². The van der Waals surface area contributed by atoms with Crippen molar-refractivity contribution in [1.82, 2.24) is 0 Å². The molecule has 0 amide bonds. The van der Waals surface area contributed by atoms with Crippen molar-refractivity contribution in [3.05, 3.63) is 10.1 Å². The molecule has 5 nitrogen and oxygen atoms in total. The molecule has 0 aliphatic heterocycles. The first-order valence-electron chi connectivity index (χ1n) is 2.48. The molecule has 0 saturated carbocycles. The molecule has 0 heterocycles. The van der Waals surface area contributed by atoms with Crippen LogP contribution in [0.2, 0.25) is 0 Å². The third-order valence-corrected chi connectivity index (χ3v) is 0.542. The number of hydrogen-bond donors (Lipinski definition) is 1. The molecule has 0 aromatic rings. The fourth-order valence-electron chi connectivity index (χ4n) is 0.219. The molecule has 0 spiro atoms. The van der Waals surface area contributed by atoms with Gasteiger partial charge >= 0.3 is 0 Å². The summed E-state index contributed by atoms with van der Waals surface area (Å²) in [5, 5.41) is 8.72. The molecule has 0 saturated heterocycles. The number of nitrogens with two attached hydrogens (primary N) is 1. The fourth-order valence-corrected chi connectivity index (χ4v) is 0.219. The van der Waals surface area contributed by atoms with Crippen LogP contribution < -0.4 is 5.73 Å². The van der Waals surface area contributed by atoms with E-state index in [0.717, 1.165) is 0 Å². The molecule has 0 radical (unpaired) electrons. The van der Waals surface area contributed by atoms with Crippen molar-refractivity contribution in [2.24, 2.45) is 5.73 Å². The molecule has 0 fully saturated rings. The van der Waals surface area contributed by atoms with Crippen LogP contribution >= 0.6 is 0 Å². The van der Waals surface area contributed by atoms with Gasteiger partial charge in [0.2, 0.25) is 0 Å². The van der Waals surface area contributed by atoms with Gasteiger partial charge in [-0.15, -0.1) is 10.1 Å². The molecule has 0 unspecified atom stereocenters. The summed E-state index contributed by atoms with van der Waals surface area (Å²) >= 11 is 0. The third kappa shape index (κ3) is 7.16. The van der Waals surface area contributed by atoms with E-state index in [1.54, 1.807) is 13.8 Å². The molecule has 0 bridgehead atoms. The van der Waals surface area contributed by atoms with Crippen molar-refractivity contribution >= 4 is 0 Å². The lowest BCUT2D eigenvalue weighted by atomic mass is 10.1. The SMILES string of the molecule is CC(C)(N)CO[N+](=O)[O-]. The number of hydrogen-bond acceptors (Lipinski definition) is 4. The normalized spacial score (nSPS) is 11.0. The minimum absolute atomic E-state index is 0.0694. The van der Waals surface area contributed by atoms with Gasteiger partial charge in [-0.05, 0) is 13.8 Å². The van der Waals surface area contributed by atoms with Crippen molar-refractivity contribution in [2.45, 2.75) is 19.4 Å². The van der Waals surface area contributed by atoms with Crippen molar-refractivity contribution in [3.8, 4) is 0 Å². The van der Waals surface area contributed by atoms with Crippen LogP contribution in [0.3, 0.4) is 0 Å². The molecule has 2 N–H and O–H groups in total. The first-order chi connectivity index (χ1) is 3.92. The quantitative estimate of drug-likeness (QED) is 0.433. The summed E-state index contributed by atoms with van der Waals surface area (Å²) in [7, 11) is 0. The molecule has 9 heavy (non-hydrogen) atoms. The smallest absolute Gasteiger partial charge is 0.294 e. The molecule has 5 heteroatoms. The van der Waals surface area contributed by atoms with Gasteiger partial charge in [-0.1, -0.05) is 0 Å². The van der Waals surface area contributed by atoms with Gasteiger partial charge in [0.1, 0.15) is 6.61 Å². The van der Waals surface area contributed by atoms with Gasteiger partial charge in [-0.25, -0.2) is 0 Å². The monoisotopic (exact) mass is 134 g/mol. The summed E-state index contributed by atoms with van der Waals surface area (Å²) in [5.74, 6) is 0. The van der Waals surface area contributed by atoms with E-state index in [-0.39, 0.29) is 6.61 Å². The standard InChI is InChI=1S/C4H10N2O3/c1-4(2,5)3-9-6(7)8/h3,5H2,1-2H3. The zero-order valence-electron chi connectivity index (χ0n) is 5.46. The van der Waals surface area contributed by atoms with Gasteiger partial charge in [0.05, 0.1) is 0 Å². The Balaban J connectivity index is 3.39. The average molecular weight is 134 g/mol. The highest BCUT2D eigenvalue weighted by atomic mass is 16.9. The predicted octanol–water partition coefficient (Wildman–Crippen LogP) is -0.0680. The van der Waals surface area contributed by atoms with Crippen LogP contribution in [0.25, 0.3) is 0 Å². The van der Waals surface area contributed by atoms with Crippen LogP contribution in [0.5, 0.6) is 0 Å². The lowest BCUT2D eigenvalue weighted by molar-refractivity contribution is -0.759. The summed E-state index contributed by atoms with van der Waals surface area (Å²) < 4.78 is 0. The lowest BCUT2D eigenvalue weighted by Crippen LogP contribution is -2.38. The third-order valence-electron chi connectivity index (χ3n) is 0.542. The molecule has 0 aromatic carbocycles. The maximum atomic E-state index is 9.57. The van der Waals surface area contributed by atoms with E-state index in [9.17, 15) is 10.1 Å².